The quantitative estimate of drug-likeness (QED) is 0.891. The van der Waals surface area contributed by atoms with E-state index in [1.54, 1.807) is 12.1 Å². The SMILES string of the molecule is CC[C@]12CNc3nnc(-c4cccc(F)c4OC)cc3N1C[C@@H](O)C2. The predicted octanol–water partition coefficient (Wildman–Crippen LogP) is 2.44. The molecule has 2 aliphatic heterocycles. The van der Waals surface area contributed by atoms with Gasteiger partial charge in [-0.05, 0) is 31.0 Å². The van der Waals surface area contributed by atoms with Gasteiger partial charge in [0.1, 0.15) is 0 Å². The molecule has 0 aliphatic carbocycles. The molecule has 0 unspecified atom stereocenters. The van der Waals surface area contributed by atoms with Gasteiger partial charge in [0.25, 0.3) is 0 Å². The van der Waals surface area contributed by atoms with Gasteiger partial charge in [-0.1, -0.05) is 13.0 Å². The van der Waals surface area contributed by atoms with Gasteiger partial charge in [-0.25, -0.2) is 4.39 Å². The predicted molar refractivity (Wildman–Crippen MR) is 93.5 cm³/mol. The molecule has 0 bridgehead atoms. The summed E-state index contributed by atoms with van der Waals surface area (Å²) < 4.78 is 19.2. The maximum atomic E-state index is 14.0. The first-order valence-corrected chi connectivity index (χ1v) is 8.48. The van der Waals surface area contributed by atoms with Gasteiger partial charge in [0.2, 0.25) is 0 Å². The van der Waals surface area contributed by atoms with Crippen LogP contribution in [0.3, 0.4) is 0 Å². The Balaban J connectivity index is 1.82. The lowest BCUT2D eigenvalue weighted by atomic mass is 9.90. The number of hydrogen-bond acceptors (Lipinski definition) is 6. The van der Waals surface area contributed by atoms with Crippen molar-refractivity contribution in [1.29, 1.82) is 0 Å². The summed E-state index contributed by atoms with van der Waals surface area (Å²) in [5.74, 6) is 0.415. The molecular formula is C18H21FN4O2. The van der Waals surface area contributed by atoms with Crippen molar-refractivity contribution >= 4 is 11.5 Å². The molecule has 1 saturated heterocycles. The molecule has 25 heavy (non-hydrogen) atoms. The van der Waals surface area contributed by atoms with Crippen molar-refractivity contribution in [3.63, 3.8) is 0 Å². The molecule has 2 N–H and O–H groups in total. The number of fused-ring (bicyclic) bond motifs is 3. The zero-order chi connectivity index (χ0) is 17.6. The third-order valence-electron chi connectivity index (χ3n) is 5.34. The molecule has 0 spiro atoms. The van der Waals surface area contributed by atoms with Crippen LogP contribution in [0.5, 0.6) is 5.75 Å². The number of aliphatic hydroxyl groups is 1. The zero-order valence-corrected chi connectivity index (χ0v) is 14.3. The number of aromatic nitrogens is 2. The number of rotatable bonds is 3. The summed E-state index contributed by atoms with van der Waals surface area (Å²) in [5, 5.41) is 22.1. The highest BCUT2D eigenvalue weighted by atomic mass is 19.1. The van der Waals surface area contributed by atoms with E-state index in [2.05, 4.69) is 27.3 Å². The van der Waals surface area contributed by atoms with Gasteiger partial charge in [-0.3, -0.25) is 0 Å². The summed E-state index contributed by atoms with van der Waals surface area (Å²) in [7, 11) is 1.44. The van der Waals surface area contributed by atoms with Crippen molar-refractivity contribution in [3.8, 4) is 17.0 Å². The van der Waals surface area contributed by atoms with E-state index in [1.165, 1.54) is 13.2 Å². The molecule has 1 fully saturated rings. The Morgan fingerprint density at radius 1 is 1.44 bits per heavy atom. The van der Waals surface area contributed by atoms with E-state index in [1.807, 2.05) is 6.07 Å². The molecule has 7 heteroatoms. The average Bonchev–Trinajstić information content (AvgIpc) is 2.98. The first-order chi connectivity index (χ1) is 12.1. The second kappa shape index (κ2) is 5.84. The molecule has 0 amide bonds. The summed E-state index contributed by atoms with van der Waals surface area (Å²) in [6.45, 7) is 3.42. The van der Waals surface area contributed by atoms with Crippen molar-refractivity contribution < 1.29 is 14.2 Å². The summed E-state index contributed by atoms with van der Waals surface area (Å²) >= 11 is 0. The molecule has 2 atom stereocenters. The fourth-order valence-electron chi connectivity index (χ4n) is 4.01. The Labute approximate surface area is 145 Å². The molecule has 6 nitrogen and oxygen atoms in total. The maximum absolute atomic E-state index is 14.0. The van der Waals surface area contributed by atoms with Crippen LogP contribution in [0.1, 0.15) is 19.8 Å². The Morgan fingerprint density at radius 2 is 2.28 bits per heavy atom. The molecule has 0 radical (unpaired) electrons. The number of para-hydroxylation sites is 1. The van der Waals surface area contributed by atoms with Crippen molar-refractivity contribution in [1.82, 2.24) is 10.2 Å². The molecule has 2 aromatic rings. The first-order valence-electron chi connectivity index (χ1n) is 8.48. The summed E-state index contributed by atoms with van der Waals surface area (Å²) in [6, 6.07) is 6.64. The summed E-state index contributed by atoms with van der Waals surface area (Å²) in [5.41, 5.74) is 1.87. The number of hydrogen-bond donors (Lipinski definition) is 2. The van der Waals surface area contributed by atoms with Crippen molar-refractivity contribution in [2.24, 2.45) is 0 Å². The largest absolute Gasteiger partial charge is 0.493 e. The number of aliphatic hydroxyl groups excluding tert-OH is 1. The Kier molecular flexibility index (Phi) is 3.76. The van der Waals surface area contributed by atoms with Gasteiger partial charge >= 0.3 is 0 Å². The van der Waals surface area contributed by atoms with E-state index in [0.717, 1.165) is 25.1 Å². The van der Waals surface area contributed by atoms with Crippen LogP contribution in [0, 0.1) is 5.82 Å². The average molecular weight is 344 g/mol. The number of methoxy groups -OCH3 is 1. The maximum Gasteiger partial charge on any atom is 0.172 e. The second-order valence-corrected chi connectivity index (χ2v) is 6.68. The molecule has 4 rings (SSSR count). The Morgan fingerprint density at radius 3 is 3.04 bits per heavy atom. The number of anilines is 2. The number of nitrogens with one attached hydrogen (secondary N) is 1. The Bertz CT molecular complexity index is 816. The van der Waals surface area contributed by atoms with Gasteiger partial charge in [0.05, 0.1) is 30.1 Å². The molecule has 2 aliphatic rings. The minimum atomic E-state index is -0.433. The summed E-state index contributed by atoms with van der Waals surface area (Å²) in [6.07, 6.45) is 1.27. The fourth-order valence-corrected chi connectivity index (χ4v) is 4.01. The van der Waals surface area contributed by atoms with Gasteiger partial charge in [0, 0.05) is 18.7 Å². The minimum Gasteiger partial charge on any atom is -0.493 e. The number of nitrogens with zero attached hydrogens (tertiary/aromatic N) is 3. The van der Waals surface area contributed by atoms with E-state index in [-0.39, 0.29) is 17.4 Å². The van der Waals surface area contributed by atoms with E-state index >= 15 is 0 Å². The summed E-state index contributed by atoms with van der Waals surface area (Å²) in [4.78, 5) is 2.22. The zero-order valence-electron chi connectivity index (χ0n) is 14.3. The highest BCUT2D eigenvalue weighted by Gasteiger charge is 2.47. The van der Waals surface area contributed by atoms with Crippen LogP contribution < -0.4 is 15.0 Å². The highest BCUT2D eigenvalue weighted by molar-refractivity contribution is 5.77. The van der Waals surface area contributed by atoms with Crippen LogP contribution in [0.15, 0.2) is 24.3 Å². The van der Waals surface area contributed by atoms with Crippen LogP contribution in [-0.4, -0.2) is 47.1 Å². The van der Waals surface area contributed by atoms with Crippen LogP contribution in [0.25, 0.3) is 11.3 Å². The van der Waals surface area contributed by atoms with Crippen LogP contribution in [0.4, 0.5) is 15.9 Å². The highest BCUT2D eigenvalue weighted by Crippen LogP contribution is 2.44. The molecule has 0 saturated carbocycles. The number of β-amino-alcohol motifs (C(OH)–C–C–N with tert-alkyl or cyclic N) is 1. The topological polar surface area (TPSA) is 70.5 Å². The monoisotopic (exact) mass is 344 g/mol. The molecule has 3 heterocycles. The van der Waals surface area contributed by atoms with Gasteiger partial charge in [0.15, 0.2) is 17.4 Å². The van der Waals surface area contributed by atoms with Gasteiger partial charge < -0.3 is 20.1 Å². The van der Waals surface area contributed by atoms with E-state index in [9.17, 15) is 9.50 Å². The second-order valence-electron chi connectivity index (χ2n) is 6.68. The molecular weight excluding hydrogens is 323 g/mol. The van der Waals surface area contributed by atoms with Gasteiger partial charge in [-0.15, -0.1) is 10.2 Å². The number of ether oxygens (including phenoxy) is 1. The van der Waals surface area contributed by atoms with E-state index < -0.39 is 5.82 Å². The number of benzene rings is 1. The standard InChI is InChI=1S/C18H21FN4O2/c1-3-18-8-11(24)9-23(18)15-7-14(21-22-17(15)20-10-18)12-5-4-6-13(19)16(12)25-2/h4-7,11,24H,3,8-10H2,1-2H3,(H,20,22)/t11-,18-/m0/s1. The lowest BCUT2D eigenvalue weighted by Gasteiger charge is -2.43. The number of halogens is 1. The minimum absolute atomic E-state index is 0.126. The van der Waals surface area contributed by atoms with Crippen LogP contribution in [-0.2, 0) is 0 Å². The lowest BCUT2D eigenvalue weighted by molar-refractivity contribution is 0.184. The van der Waals surface area contributed by atoms with E-state index in [0.29, 0.717) is 23.6 Å². The Hall–Kier alpha value is -2.41. The van der Waals surface area contributed by atoms with Crippen molar-refractivity contribution in [2.75, 3.05) is 30.4 Å². The first kappa shape index (κ1) is 16.1. The van der Waals surface area contributed by atoms with Crippen LogP contribution in [0.2, 0.25) is 0 Å². The smallest absolute Gasteiger partial charge is 0.172 e. The van der Waals surface area contributed by atoms with Crippen molar-refractivity contribution in [2.45, 2.75) is 31.4 Å². The van der Waals surface area contributed by atoms with Crippen molar-refractivity contribution in [3.05, 3.63) is 30.1 Å². The lowest BCUT2D eigenvalue weighted by Crippen LogP contribution is -2.52. The van der Waals surface area contributed by atoms with Gasteiger partial charge in [-0.2, -0.15) is 0 Å². The van der Waals surface area contributed by atoms with Crippen LogP contribution >= 0.6 is 0 Å². The molecule has 1 aromatic carbocycles. The third kappa shape index (κ3) is 2.41. The third-order valence-corrected chi connectivity index (χ3v) is 5.34. The van der Waals surface area contributed by atoms with E-state index in [4.69, 9.17) is 4.74 Å². The normalized spacial score (nSPS) is 24.5. The fraction of sp³-hybridized carbons (Fsp3) is 0.444. The molecule has 132 valence electrons. The molecule has 1 aromatic heterocycles.